The number of piperazine rings is 1. The van der Waals surface area contributed by atoms with E-state index in [9.17, 15) is 5.11 Å². The topological polar surface area (TPSA) is 56.9 Å². The van der Waals surface area contributed by atoms with Gasteiger partial charge in [0, 0.05) is 53.5 Å². The predicted octanol–water partition coefficient (Wildman–Crippen LogP) is 5.36. The van der Waals surface area contributed by atoms with Crippen LogP contribution < -0.4 is 4.90 Å². The number of aliphatic hydroxyl groups is 1. The van der Waals surface area contributed by atoms with Gasteiger partial charge in [0.1, 0.15) is 5.82 Å². The lowest BCUT2D eigenvalue weighted by Gasteiger charge is -2.35. The van der Waals surface area contributed by atoms with Gasteiger partial charge in [0.15, 0.2) is 5.65 Å². The Kier molecular flexibility index (Phi) is 9.44. The monoisotopic (exact) mass is 571 g/mol. The van der Waals surface area contributed by atoms with E-state index in [1.54, 1.807) is 0 Å². The molecule has 0 radical (unpaired) electrons. The molecule has 1 aliphatic heterocycles. The summed E-state index contributed by atoms with van der Waals surface area (Å²) in [6.07, 6.45) is 3.86. The third-order valence-corrected chi connectivity index (χ3v) is 6.06. The van der Waals surface area contributed by atoms with Crippen molar-refractivity contribution in [2.75, 3.05) is 44.2 Å². The summed E-state index contributed by atoms with van der Waals surface area (Å²) in [5.74, 6) is 1.03. The fraction of sp³-hybridized carbons (Fsp3) is 0.333. The molecule has 0 saturated carbocycles. The van der Waals surface area contributed by atoms with Crippen LogP contribution in [0.4, 0.5) is 5.82 Å². The number of nitrogens with zero attached hydrogens (tertiary/aromatic N) is 5. The summed E-state index contributed by atoms with van der Waals surface area (Å²) in [7, 11) is 0. The number of aryl methyl sites for hydroxylation is 1. The Hall–Kier alpha value is -2.49. The molecule has 4 rings (SSSR count). The van der Waals surface area contributed by atoms with Crippen LogP contribution in [0.5, 0.6) is 0 Å². The van der Waals surface area contributed by atoms with E-state index in [1.807, 2.05) is 55.6 Å². The molecule has 0 spiro atoms. The Bertz CT molecular complexity index is 1160. The SMILES string of the molecule is C=C/C(=C\C(=C)I)c1c(C)nn2c(N3CCN(CCO)CC3)cc(-c3ccccc3)nc12.CC. The van der Waals surface area contributed by atoms with Crippen molar-refractivity contribution in [2.45, 2.75) is 20.8 Å². The third-order valence-electron chi connectivity index (χ3n) is 5.75. The number of benzene rings is 1. The van der Waals surface area contributed by atoms with Crippen LogP contribution in [0.3, 0.4) is 0 Å². The van der Waals surface area contributed by atoms with Crippen LogP contribution in [-0.2, 0) is 0 Å². The molecular formula is C27H34IN5O. The molecule has 3 heterocycles. The Labute approximate surface area is 216 Å². The maximum Gasteiger partial charge on any atom is 0.166 e. The Morgan fingerprint density at radius 2 is 1.82 bits per heavy atom. The van der Waals surface area contributed by atoms with Gasteiger partial charge in [0.2, 0.25) is 0 Å². The largest absolute Gasteiger partial charge is 0.395 e. The van der Waals surface area contributed by atoms with Crippen molar-refractivity contribution in [2.24, 2.45) is 0 Å². The fourth-order valence-corrected chi connectivity index (χ4v) is 4.51. The van der Waals surface area contributed by atoms with Crippen LogP contribution in [0.25, 0.3) is 22.5 Å². The highest BCUT2D eigenvalue weighted by atomic mass is 127. The number of halogens is 1. The van der Waals surface area contributed by atoms with Crippen molar-refractivity contribution in [1.29, 1.82) is 0 Å². The van der Waals surface area contributed by atoms with Crippen LogP contribution in [0.1, 0.15) is 25.1 Å². The van der Waals surface area contributed by atoms with Crippen molar-refractivity contribution in [1.82, 2.24) is 19.5 Å². The van der Waals surface area contributed by atoms with Gasteiger partial charge in [0.05, 0.1) is 18.0 Å². The zero-order chi connectivity index (χ0) is 24.7. The van der Waals surface area contributed by atoms with E-state index in [1.165, 1.54) is 0 Å². The van der Waals surface area contributed by atoms with Crippen molar-refractivity contribution < 1.29 is 5.11 Å². The summed E-state index contributed by atoms with van der Waals surface area (Å²) in [5, 5.41) is 14.2. The first-order valence-electron chi connectivity index (χ1n) is 11.7. The minimum absolute atomic E-state index is 0.193. The first kappa shape index (κ1) is 26.1. The highest BCUT2D eigenvalue weighted by molar-refractivity contribution is 14.1. The summed E-state index contributed by atoms with van der Waals surface area (Å²) >= 11 is 2.21. The highest BCUT2D eigenvalue weighted by Crippen LogP contribution is 2.32. The Morgan fingerprint density at radius 3 is 2.41 bits per heavy atom. The molecule has 0 unspecified atom stereocenters. The number of allylic oxidation sites excluding steroid dienone is 4. The summed E-state index contributed by atoms with van der Waals surface area (Å²) in [4.78, 5) is 9.70. The molecule has 0 bridgehead atoms. The van der Waals surface area contributed by atoms with E-state index < -0.39 is 0 Å². The molecule has 1 aliphatic rings. The van der Waals surface area contributed by atoms with Crippen LogP contribution in [0, 0.1) is 6.92 Å². The molecule has 3 aromatic rings. The van der Waals surface area contributed by atoms with Gasteiger partial charge >= 0.3 is 0 Å². The number of hydrogen-bond donors (Lipinski definition) is 1. The van der Waals surface area contributed by atoms with Gasteiger partial charge in [-0.3, -0.25) is 4.90 Å². The maximum absolute atomic E-state index is 9.28. The average molecular weight is 572 g/mol. The normalized spacial score (nSPS) is 14.6. The molecule has 180 valence electrons. The molecule has 6 nitrogen and oxygen atoms in total. The van der Waals surface area contributed by atoms with Gasteiger partial charge in [-0.1, -0.05) is 63.4 Å². The molecule has 1 saturated heterocycles. The summed E-state index contributed by atoms with van der Waals surface area (Å²) < 4.78 is 2.89. The lowest BCUT2D eigenvalue weighted by molar-refractivity contribution is 0.188. The molecular weight excluding hydrogens is 537 g/mol. The third kappa shape index (κ3) is 5.76. The van der Waals surface area contributed by atoms with Gasteiger partial charge < -0.3 is 10.0 Å². The van der Waals surface area contributed by atoms with Crippen molar-refractivity contribution in [3.8, 4) is 11.3 Å². The molecule has 1 N–H and O–H groups in total. The summed E-state index contributed by atoms with van der Waals surface area (Å²) in [6, 6.07) is 12.4. The van der Waals surface area contributed by atoms with Crippen LogP contribution in [-0.4, -0.2) is 63.9 Å². The van der Waals surface area contributed by atoms with Crippen molar-refractivity contribution >= 4 is 39.6 Å². The molecule has 0 amide bonds. The number of rotatable bonds is 7. The molecule has 2 aromatic heterocycles. The van der Waals surface area contributed by atoms with E-state index in [0.717, 1.165) is 69.3 Å². The summed E-state index contributed by atoms with van der Waals surface area (Å²) in [5.41, 5.74) is 5.67. The predicted molar refractivity (Wildman–Crippen MR) is 152 cm³/mol. The first-order chi connectivity index (χ1) is 16.5. The minimum atomic E-state index is 0.193. The first-order valence-corrected chi connectivity index (χ1v) is 12.8. The fourth-order valence-electron chi connectivity index (χ4n) is 4.17. The molecule has 1 aromatic carbocycles. The van der Waals surface area contributed by atoms with Crippen LogP contribution >= 0.6 is 22.6 Å². The van der Waals surface area contributed by atoms with E-state index in [4.69, 9.17) is 10.1 Å². The second-order valence-corrected chi connectivity index (χ2v) is 9.25. The number of aromatic nitrogens is 3. The molecule has 7 heteroatoms. The zero-order valence-corrected chi connectivity index (χ0v) is 22.5. The molecule has 0 atom stereocenters. The standard InChI is InChI=1S/C25H28IN5O.C2H6/c1-4-20(16-18(2)26)24-19(3)28-31-23(30-12-10-29(11-13-30)14-15-32)17-22(27-25(24)31)21-8-6-5-7-9-21;1-2/h4-9,16-17,32H,1-2,10-15H2,3H3;1-2H3/b20-16+;. The lowest BCUT2D eigenvalue weighted by atomic mass is 10.1. The number of anilines is 1. The van der Waals surface area contributed by atoms with Gasteiger partial charge in [-0.05, 0) is 41.2 Å². The summed E-state index contributed by atoms with van der Waals surface area (Å²) in [6.45, 7) is 18.5. The number of hydrogen-bond acceptors (Lipinski definition) is 5. The molecule has 1 fully saturated rings. The van der Waals surface area contributed by atoms with E-state index in [-0.39, 0.29) is 6.61 Å². The van der Waals surface area contributed by atoms with E-state index >= 15 is 0 Å². The second kappa shape index (κ2) is 12.3. The highest BCUT2D eigenvalue weighted by Gasteiger charge is 2.23. The Morgan fingerprint density at radius 1 is 1.15 bits per heavy atom. The van der Waals surface area contributed by atoms with Gasteiger partial charge in [-0.25, -0.2) is 4.98 Å². The lowest BCUT2D eigenvalue weighted by Crippen LogP contribution is -2.47. The number of fused-ring (bicyclic) bond motifs is 1. The van der Waals surface area contributed by atoms with Crippen LogP contribution in [0.2, 0.25) is 0 Å². The zero-order valence-electron chi connectivity index (χ0n) is 20.3. The van der Waals surface area contributed by atoms with Crippen molar-refractivity contribution in [3.05, 3.63) is 76.5 Å². The average Bonchev–Trinajstić information content (AvgIpc) is 3.20. The van der Waals surface area contributed by atoms with Gasteiger partial charge in [-0.15, -0.1) is 0 Å². The Balaban J connectivity index is 0.00000158. The van der Waals surface area contributed by atoms with Crippen LogP contribution in [0.15, 0.2) is 65.3 Å². The maximum atomic E-state index is 9.28. The molecule has 34 heavy (non-hydrogen) atoms. The van der Waals surface area contributed by atoms with Crippen molar-refractivity contribution in [3.63, 3.8) is 0 Å². The molecule has 0 aliphatic carbocycles. The minimum Gasteiger partial charge on any atom is -0.395 e. The van der Waals surface area contributed by atoms with Gasteiger partial charge in [0.25, 0.3) is 0 Å². The number of aliphatic hydroxyl groups excluding tert-OH is 1. The van der Waals surface area contributed by atoms with E-state index in [0.29, 0.717) is 6.54 Å². The van der Waals surface area contributed by atoms with Gasteiger partial charge in [-0.2, -0.15) is 9.61 Å². The number of β-amino-alcohol motifs (C(OH)–C–C–N with tert-alkyl or cyclic N) is 1. The smallest absolute Gasteiger partial charge is 0.166 e. The second-order valence-electron chi connectivity index (χ2n) is 7.86. The quantitative estimate of drug-likeness (QED) is 0.306. The van der Waals surface area contributed by atoms with E-state index in [2.05, 4.69) is 63.7 Å².